The number of rotatable bonds is 7. The maximum Gasteiger partial charge on any atom is 0.260 e. The third kappa shape index (κ3) is 4.87. The molecule has 0 heterocycles. The first-order valence-corrected chi connectivity index (χ1v) is 9.74. The Bertz CT molecular complexity index is 754. The predicted octanol–water partition coefficient (Wildman–Crippen LogP) is 4.39. The number of ether oxygens (including phenoxy) is 1. The smallest absolute Gasteiger partial charge is 0.260 e. The Morgan fingerprint density at radius 2 is 1.96 bits per heavy atom. The summed E-state index contributed by atoms with van der Waals surface area (Å²) in [5.41, 5.74) is 5.26. The Kier molecular flexibility index (Phi) is 6.32. The highest BCUT2D eigenvalue weighted by Gasteiger charge is 2.19. The van der Waals surface area contributed by atoms with Crippen molar-refractivity contribution in [1.29, 1.82) is 0 Å². The van der Waals surface area contributed by atoms with Gasteiger partial charge in [-0.25, -0.2) is 0 Å². The minimum Gasteiger partial charge on any atom is -0.481 e. The van der Waals surface area contributed by atoms with Crippen LogP contribution in [0.1, 0.15) is 48.4 Å². The first-order valence-electron chi connectivity index (χ1n) is 9.74. The van der Waals surface area contributed by atoms with Crippen molar-refractivity contribution in [3.63, 3.8) is 0 Å². The molecule has 2 aromatic rings. The van der Waals surface area contributed by atoms with E-state index < -0.39 is 6.10 Å². The van der Waals surface area contributed by atoms with Gasteiger partial charge in [0.1, 0.15) is 5.75 Å². The van der Waals surface area contributed by atoms with E-state index in [4.69, 9.17) is 4.74 Å². The van der Waals surface area contributed by atoms with Gasteiger partial charge in [-0.2, -0.15) is 0 Å². The van der Waals surface area contributed by atoms with Crippen LogP contribution in [0.25, 0.3) is 0 Å². The van der Waals surface area contributed by atoms with Gasteiger partial charge in [0.15, 0.2) is 6.10 Å². The van der Waals surface area contributed by atoms with Crippen LogP contribution in [0, 0.1) is 6.92 Å². The first-order chi connectivity index (χ1) is 12.6. The predicted molar refractivity (Wildman–Crippen MR) is 106 cm³/mol. The molecule has 0 fully saturated rings. The summed E-state index contributed by atoms with van der Waals surface area (Å²) in [6.45, 7) is 4.61. The van der Waals surface area contributed by atoms with Crippen molar-refractivity contribution in [1.82, 2.24) is 5.32 Å². The average molecular weight is 351 g/mol. The fourth-order valence-corrected chi connectivity index (χ4v) is 3.62. The van der Waals surface area contributed by atoms with Crippen molar-refractivity contribution in [2.24, 2.45) is 0 Å². The van der Waals surface area contributed by atoms with Gasteiger partial charge in [-0.1, -0.05) is 42.0 Å². The highest BCUT2D eigenvalue weighted by Crippen LogP contribution is 2.30. The molecule has 26 heavy (non-hydrogen) atoms. The van der Waals surface area contributed by atoms with Crippen molar-refractivity contribution >= 4 is 5.91 Å². The number of hydrogen-bond acceptors (Lipinski definition) is 2. The van der Waals surface area contributed by atoms with Crippen molar-refractivity contribution in [2.45, 2.75) is 58.5 Å². The molecule has 1 N–H and O–H groups in total. The highest BCUT2D eigenvalue weighted by atomic mass is 16.5. The second-order valence-electron chi connectivity index (χ2n) is 7.24. The molecule has 1 amide bonds. The molecule has 0 bridgehead atoms. The van der Waals surface area contributed by atoms with Gasteiger partial charge >= 0.3 is 0 Å². The van der Waals surface area contributed by atoms with Crippen LogP contribution in [0.2, 0.25) is 0 Å². The number of benzene rings is 2. The number of nitrogens with one attached hydrogen (secondary N) is 1. The fraction of sp³-hybridized carbons (Fsp3) is 0.435. The summed E-state index contributed by atoms with van der Waals surface area (Å²) in [5.74, 6) is 0.840. The lowest BCUT2D eigenvalue weighted by Crippen LogP contribution is -2.37. The fourth-order valence-electron chi connectivity index (χ4n) is 3.62. The van der Waals surface area contributed by atoms with Crippen LogP contribution in [-0.2, 0) is 24.1 Å². The van der Waals surface area contributed by atoms with Gasteiger partial charge in [0, 0.05) is 6.54 Å². The summed E-state index contributed by atoms with van der Waals surface area (Å²) >= 11 is 0. The highest BCUT2D eigenvalue weighted by molar-refractivity contribution is 5.80. The van der Waals surface area contributed by atoms with E-state index in [1.54, 1.807) is 0 Å². The lowest BCUT2D eigenvalue weighted by molar-refractivity contribution is -0.127. The number of hydrogen-bond donors (Lipinski definition) is 1. The molecule has 0 spiro atoms. The van der Waals surface area contributed by atoms with Crippen molar-refractivity contribution < 1.29 is 9.53 Å². The molecule has 138 valence electrons. The van der Waals surface area contributed by atoms with E-state index in [9.17, 15) is 4.79 Å². The van der Waals surface area contributed by atoms with Gasteiger partial charge in [-0.05, 0) is 75.1 Å². The summed E-state index contributed by atoms with van der Waals surface area (Å²) in [5, 5.41) is 3.00. The van der Waals surface area contributed by atoms with E-state index in [-0.39, 0.29) is 5.91 Å². The molecule has 3 heteroatoms. The van der Waals surface area contributed by atoms with E-state index in [0.29, 0.717) is 6.54 Å². The zero-order valence-corrected chi connectivity index (χ0v) is 15.9. The zero-order chi connectivity index (χ0) is 18.4. The Hall–Kier alpha value is -2.29. The second-order valence-corrected chi connectivity index (χ2v) is 7.24. The van der Waals surface area contributed by atoms with E-state index in [1.807, 2.05) is 19.1 Å². The number of aryl methyl sites for hydroxylation is 3. The summed E-state index contributed by atoms with van der Waals surface area (Å²) in [6, 6.07) is 14.7. The maximum absolute atomic E-state index is 12.3. The SMILES string of the molecule is Cc1cccc(CCCNC(=O)C(C)Oc2cccc3c2CCCC3)c1. The molecule has 1 aliphatic rings. The minimum absolute atomic E-state index is 0.0392. The number of amides is 1. The van der Waals surface area contributed by atoms with Crippen molar-refractivity contribution in [3.8, 4) is 5.75 Å². The largest absolute Gasteiger partial charge is 0.481 e. The Balaban J connectivity index is 1.46. The molecular formula is C23H29NO2. The van der Waals surface area contributed by atoms with E-state index in [2.05, 4.69) is 42.6 Å². The average Bonchev–Trinajstić information content (AvgIpc) is 2.65. The molecule has 1 atom stereocenters. The van der Waals surface area contributed by atoms with Gasteiger partial charge in [0.25, 0.3) is 5.91 Å². The van der Waals surface area contributed by atoms with Crippen LogP contribution < -0.4 is 10.1 Å². The van der Waals surface area contributed by atoms with E-state index in [0.717, 1.165) is 31.4 Å². The van der Waals surface area contributed by atoms with E-state index in [1.165, 1.54) is 35.1 Å². The van der Waals surface area contributed by atoms with Crippen molar-refractivity contribution in [2.75, 3.05) is 6.54 Å². The summed E-state index contributed by atoms with van der Waals surface area (Å²) in [4.78, 5) is 12.3. The molecule has 3 rings (SSSR count). The van der Waals surface area contributed by atoms with Crippen LogP contribution in [0.15, 0.2) is 42.5 Å². The summed E-state index contributed by atoms with van der Waals surface area (Å²) in [7, 11) is 0. The minimum atomic E-state index is -0.470. The molecule has 1 unspecified atom stereocenters. The lowest BCUT2D eigenvalue weighted by Gasteiger charge is -2.22. The molecule has 0 aromatic heterocycles. The zero-order valence-electron chi connectivity index (χ0n) is 15.9. The monoisotopic (exact) mass is 351 g/mol. The Morgan fingerprint density at radius 1 is 1.15 bits per heavy atom. The van der Waals surface area contributed by atoms with Gasteiger partial charge in [-0.15, -0.1) is 0 Å². The Labute approximate surface area is 156 Å². The van der Waals surface area contributed by atoms with Crippen LogP contribution >= 0.6 is 0 Å². The standard InChI is InChI=1S/C23H29NO2/c1-17-8-5-9-19(16-17)10-7-15-24-23(25)18(2)26-22-14-6-12-20-11-3-4-13-21(20)22/h5-6,8-9,12,14,16,18H,3-4,7,10-11,13,15H2,1-2H3,(H,24,25). The Morgan fingerprint density at radius 3 is 2.81 bits per heavy atom. The van der Waals surface area contributed by atoms with Gasteiger partial charge in [0.05, 0.1) is 0 Å². The third-order valence-corrected chi connectivity index (χ3v) is 5.05. The van der Waals surface area contributed by atoms with Crippen LogP contribution in [0.5, 0.6) is 5.75 Å². The lowest BCUT2D eigenvalue weighted by atomic mass is 9.91. The molecule has 2 aromatic carbocycles. The molecular weight excluding hydrogens is 322 g/mol. The maximum atomic E-state index is 12.3. The third-order valence-electron chi connectivity index (χ3n) is 5.05. The van der Waals surface area contributed by atoms with Crippen LogP contribution in [0.3, 0.4) is 0 Å². The number of carbonyl (C=O) groups excluding carboxylic acids is 1. The summed E-state index contributed by atoms with van der Waals surface area (Å²) in [6.07, 6.45) is 6.05. The van der Waals surface area contributed by atoms with Gasteiger partial charge < -0.3 is 10.1 Å². The second kappa shape index (κ2) is 8.88. The van der Waals surface area contributed by atoms with Crippen LogP contribution in [-0.4, -0.2) is 18.6 Å². The number of fused-ring (bicyclic) bond motifs is 1. The quantitative estimate of drug-likeness (QED) is 0.751. The molecule has 0 radical (unpaired) electrons. The van der Waals surface area contributed by atoms with Gasteiger partial charge in [-0.3, -0.25) is 4.79 Å². The van der Waals surface area contributed by atoms with E-state index >= 15 is 0 Å². The molecule has 1 aliphatic carbocycles. The summed E-state index contributed by atoms with van der Waals surface area (Å²) < 4.78 is 5.99. The van der Waals surface area contributed by atoms with Gasteiger partial charge in [0.2, 0.25) is 0 Å². The normalized spacial score (nSPS) is 14.4. The topological polar surface area (TPSA) is 38.3 Å². The van der Waals surface area contributed by atoms with Crippen molar-refractivity contribution in [3.05, 3.63) is 64.7 Å². The molecule has 3 nitrogen and oxygen atoms in total. The molecule has 0 saturated carbocycles. The molecule has 0 saturated heterocycles. The first kappa shape index (κ1) is 18.5. The molecule has 0 aliphatic heterocycles. The number of carbonyl (C=O) groups is 1. The van der Waals surface area contributed by atoms with Crippen LogP contribution in [0.4, 0.5) is 0 Å².